The van der Waals surface area contributed by atoms with Gasteiger partial charge in [-0.2, -0.15) is 0 Å². The van der Waals surface area contributed by atoms with Gasteiger partial charge in [-0.1, -0.05) is 6.92 Å². The monoisotopic (exact) mass is 217 g/mol. The van der Waals surface area contributed by atoms with Crippen LogP contribution >= 0.6 is 0 Å². The van der Waals surface area contributed by atoms with Crippen LogP contribution in [0.15, 0.2) is 0 Å². The molecule has 4 nitrogen and oxygen atoms in total. The third-order valence-electron chi connectivity index (χ3n) is 3.27. The van der Waals surface area contributed by atoms with Gasteiger partial charge in [-0.15, -0.1) is 0 Å². The Morgan fingerprint density at radius 3 is 2.47 bits per heavy atom. The highest BCUT2D eigenvalue weighted by atomic mass is 16.5. The molecule has 1 aliphatic heterocycles. The molecule has 1 heterocycles. The van der Waals surface area contributed by atoms with Gasteiger partial charge < -0.3 is 19.8 Å². The molecule has 90 valence electrons. The topological polar surface area (TPSA) is 52.9 Å². The summed E-state index contributed by atoms with van der Waals surface area (Å²) in [5.41, 5.74) is 0.0860. The first-order valence-corrected chi connectivity index (χ1v) is 5.60. The molecular weight excluding hydrogens is 194 g/mol. The van der Waals surface area contributed by atoms with Gasteiger partial charge in [-0.05, 0) is 31.3 Å². The van der Waals surface area contributed by atoms with Crippen LogP contribution in [-0.4, -0.2) is 61.2 Å². The summed E-state index contributed by atoms with van der Waals surface area (Å²) < 4.78 is 4.89. The Kier molecular flexibility index (Phi) is 4.99. The van der Waals surface area contributed by atoms with Crippen molar-refractivity contribution in [3.05, 3.63) is 0 Å². The van der Waals surface area contributed by atoms with E-state index in [1.54, 1.807) is 7.11 Å². The van der Waals surface area contributed by atoms with Gasteiger partial charge in [0.15, 0.2) is 0 Å². The largest absolute Gasteiger partial charge is 0.396 e. The molecule has 1 fully saturated rings. The van der Waals surface area contributed by atoms with E-state index >= 15 is 0 Å². The maximum atomic E-state index is 9.57. The number of piperidine rings is 1. The predicted octanol–water partition coefficient (Wildman–Crippen LogP) is 0.0881. The number of rotatable bonds is 5. The van der Waals surface area contributed by atoms with Crippen molar-refractivity contribution < 1.29 is 14.9 Å². The van der Waals surface area contributed by atoms with E-state index in [0.29, 0.717) is 13.2 Å². The molecular formula is C11H23NO3. The standard InChI is InChI=1S/C11H23NO3/c1-11(9-13)3-5-12(6-4-11)7-10(14)8-15-2/h10,13-14H,3-9H2,1-2H3/t10-/m1/s1. The average molecular weight is 217 g/mol. The lowest BCUT2D eigenvalue weighted by atomic mass is 9.81. The van der Waals surface area contributed by atoms with Crippen molar-refractivity contribution in [1.29, 1.82) is 0 Å². The van der Waals surface area contributed by atoms with E-state index in [-0.39, 0.29) is 12.0 Å². The van der Waals surface area contributed by atoms with Crippen LogP contribution in [0.5, 0.6) is 0 Å². The molecule has 2 N–H and O–H groups in total. The summed E-state index contributed by atoms with van der Waals surface area (Å²) in [5.74, 6) is 0. The Labute approximate surface area is 91.8 Å². The average Bonchev–Trinajstić information content (AvgIpc) is 2.22. The fraction of sp³-hybridized carbons (Fsp3) is 1.00. The molecule has 0 aromatic rings. The maximum Gasteiger partial charge on any atom is 0.0900 e. The van der Waals surface area contributed by atoms with Crippen LogP contribution in [0.25, 0.3) is 0 Å². The molecule has 1 aliphatic rings. The first-order chi connectivity index (χ1) is 7.09. The minimum absolute atomic E-state index is 0.0860. The van der Waals surface area contributed by atoms with Crippen molar-refractivity contribution in [2.75, 3.05) is 40.0 Å². The van der Waals surface area contributed by atoms with Crippen LogP contribution < -0.4 is 0 Å². The van der Waals surface area contributed by atoms with Crippen LogP contribution in [0.4, 0.5) is 0 Å². The summed E-state index contributed by atoms with van der Waals surface area (Å²) >= 11 is 0. The molecule has 4 heteroatoms. The van der Waals surface area contributed by atoms with Gasteiger partial charge in [0.1, 0.15) is 0 Å². The van der Waals surface area contributed by atoms with E-state index < -0.39 is 6.10 Å². The SMILES string of the molecule is COC[C@H](O)CN1CCC(C)(CO)CC1. The maximum absolute atomic E-state index is 9.57. The summed E-state index contributed by atoms with van der Waals surface area (Å²) in [5, 5.41) is 18.8. The molecule has 0 aromatic heterocycles. The summed E-state index contributed by atoms with van der Waals surface area (Å²) in [4.78, 5) is 2.24. The Morgan fingerprint density at radius 2 is 2.00 bits per heavy atom. The van der Waals surface area contributed by atoms with E-state index in [2.05, 4.69) is 11.8 Å². The molecule has 15 heavy (non-hydrogen) atoms. The first kappa shape index (κ1) is 12.9. The molecule has 0 aromatic carbocycles. The smallest absolute Gasteiger partial charge is 0.0900 e. The number of hydrogen-bond acceptors (Lipinski definition) is 4. The van der Waals surface area contributed by atoms with Crippen LogP contribution in [0, 0.1) is 5.41 Å². The normalized spacial score (nSPS) is 24.0. The van der Waals surface area contributed by atoms with Crippen molar-refractivity contribution in [1.82, 2.24) is 4.90 Å². The summed E-state index contributed by atoms with van der Waals surface area (Å²) in [6.07, 6.45) is 1.61. The third-order valence-corrected chi connectivity index (χ3v) is 3.27. The third kappa shape index (κ3) is 4.07. The molecule has 1 saturated heterocycles. The van der Waals surface area contributed by atoms with Crippen LogP contribution in [0.1, 0.15) is 19.8 Å². The van der Waals surface area contributed by atoms with E-state index in [9.17, 15) is 10.2 Å². The molecule has 0 radical (unpaired) electrons. The van der Waals surface area contributed by atoms with Crippen molar-refractivity contribution in [3.63, 3.8) is 0 Å². The van der Waals surface area contributed by atoms with E-state index in [0.717, 1.165) is 25.9 Å². The molecule has 0 saturated carbocycles. The highest BCUT2D eigenvalue weighted by Gasteiger charge is 2.29. The van der Waals surface area contributed by atoms with Crippen LogP contribution in [0.2, 0.25) is 0 Å². The Morgan fingerprint density at radius 1 is 1.40 bits per heavy atom. The summed E-state index contributed by atoms with van der Waals surface area (Å²) in [6.45, 7) is 5.37. The molecule has 0 bridgehead atoms. The van der Waals surface area contributed by atoms with Crippen molar-refractivity contribution in [3.8, 4) is 0 Å². The van der Waals surface area contributed by atoms with E-state index in [1.165, 1.54) is 0 Å². The minimum atomic E-state index is -0.395. The lowest BCUT2D eigenvalue weighted by Crippen LogP contribution is -2.44. The fourth-order valence-corrected chi connectivity index (χ4v) is 1.98. The summed E-state index contributed by atoms with van der Waals surface area (Å²) in [6, 6.07) is 0. The quantitative estimate of drug-likeness (QED) is 0.685. The number of nitrogens with zero attached hydrogens (tertiary/aromatic N) is 1. The zero-order valence-corrected chi connectivity index (χ0v) is 9.78. The van der Waals surface area contributed by atoms with Gasteiger partial charge >= 0.3 is 0 Å². The number of hydrogen-bond donors (Lipinski definition) is 2. The van der Waals surface area contributed by atoms with Crippen LogP contribution in [-0.2, 0) is 4.74 Å². The van der Waals surface area contributed by atoms with Gasteiger partial charge in [0, 0.05) is 20.3 Å². The fourth-order valence-electron chi connectivity index (χ4n) is 1.98. The van der Waals surface area contributed by atoms with Crippen molar-refractivity contribution in [2.24, 2.45) is 5.41 Å². The van der Waals surface area contributed by atoms with Crippen molar-refractivity contribution in [2.45, 2.75) is 25.9 Å². The number of aliphatic hydroxyl groups is 2. The highest BCUT2D eigenvalue weighted by molar-refractivity contribution is 4.82. The lowest BCUT2D eigenvalue weighted by Gasteiger charge is -2.38. The Hall–Kier alpha value is -0.160. The number of likely N-dealkylation sites (tertiary alicyclic amines) is 1. The highest BCUT2D eigenvalue weighted by Crippen LogP contribution is 2.29. The number of ether oxygens (including phenoxy) is 1. The second-order valence-corrected chi connectivity index (χ2v) is 4.88. The molecule has 0 spiro atoms. The zero-order valence-electron chi connectivity index (χ0n) is 9.78. The van der Waals surface area contributed by atoms with E-state index in [1.807, 2.05) is 0 Å². The van der Waals surface area contributed by atoms with E-state index in [4.69, 9.17) is 4.74 Å². The van der Waals surface area contributed by atoms with Gasteiger partial charge in [0.05, 0.1) is 12.7 Å². The van der Waals surface area contributed by atoms with Gasteiger partial charge in [0.2, 0.25) is 0 Å². The molecule has 0 amide bonds. The summed E-state index contributed by atoms with van der Waals surface area (Å²) in [7, 11) is 1.60. The minimum Gasteiger partial charge on any atom is -0.396 e. The first-order valence-electron chi connectivity index (χ1n) is 5.60. The van der Waals surface area contributed by atoms with Gasteiger partial charge in [0.25, 0.3) is 0 Å². The van der Waals surface area contributed by atoms with Gasteiger partial charge in [-0.3, -0.25) is 0 Å². The number of aliphatic hydroxyl groups excluding tert-OH is 2. The molecule has 0 aliphatic carbocycles. The van der Waals surface area contributed by atoms with Gasteiger partial charge in [-0.25, -0.2) is 0 Å². The number of methoxy groups -OCH3 is 1. The van der Waals surface area contributed by atoms with Crippen LogP contribution in [0.3, 0.4) is 0 Å². The molecule has 0 unspecified atom stereocenters. The lowest BCUT2D eigenvalue weighted by molar-refractivity contribution is 0.00870. The second kappa shape index (κ2) is 5.80. The van der Waals surface area contributed by atoms with Crippen molar-refractivity contribution >= 4 is 0 Å². The predicted molar refractivity (Wildman–Crippen MR) is 58.7 cm³/mol. The number of β-amino-alcohol motifs (C(OH)–C–C–N with tert-alkyl or cyclic N) is 1. The Bertz CT molecular complexity index is 179. The molecule has 1 rings (SSSR count). The zero-order chi connectivity index (χ0) is 11.3. The Balaban J connectivity index is 2.25. The second-order valence-electron chi connectivity index (χ2n) is 4.88. The molecule has 1 atom stereocenters.